The summed E-state index contributed by atoms with van der Waals surface area (Å²) in [7, 11) is 0. The molecule has 22 heteroatoms. The fraction of sp³-hybridized carbons (Fsp3) is 0.676. The van der Waals surface area contributed by atoms with Gasteiger partial charge in [0.2, 0.25) is 41.2 Å². The predicted molar refractivity (Wildman–Crippen MR) is 197 cm³/mol. The smallest absolute Gasteiger partial charge is 0.322 e. The molecule has 56 heavy (non-hydrogen) atoms. The van der Waals surface area contributed by atoms with Crippen LogP contribution in [0.2, 0.25) is 0 Å². The minimum absolute atomic E-state index is 0.0305. The largest absolute Gasteiger partial charge is 0.481 e. The lowest BCUT2D eigenvalue weighted by molar-refractivity contribution is -0.144. The van der Waals surface area contributed by atoms with E-state index in [0.717, 1.165) is 6.92 Å². The maximum Gasteiger partial charge on any atom is 0.322 e. The Hall–Kier alpha value is -5.28. The van der Waals surface area contributed by atoms with Crippen LogP contribution in [0.15, 0.2) is 0 Å². The Balaban J connectivity index is 3.22. The van der Waals surface area contributed by atoms with Crippen LogP contribution in [-0.2, 0) is 52.7 Å². The SMILES string of the molecule is CCC[C@H](NC(=O)[C@@H]1CSCN1C(=O)[C@@H](NC(=O)[C@@H](NC(=O)[C@H](CCC(=O)O)NC(=O)[C@H](CCC(=O)O)NC(C)=O)C(C)C)C(C)C)C(=O)C(=O)NCC(=O)O. The van der Waals surface area contributed by atoms with Crippen LogP contribution in [0.25, 0.3) is 0 Å². The zero-order chi connectivity index (χ0) is 42.9. The Kier molecular flexibility index (Phi) is 20.5. The van der Waals surface area contributed by atoms with Crippen molar-refractivity contribution in [3.8, 4) is 0 Å². The van der Waals surface area contributed by atoms with Gasteiger partial charge < -0.3 is 52.1 Å². The Morgan fingerprint density at radius 1 is 0.661 bits per heavy atom. The molecule has 0 aliphatic carbocycles. The van der Waals surface area contributed by atoms with Crippen molar-refractivity contribution in [2.75, 3.05) is 18.2 Å². The summed E-state index contributed by atoms with van der Waals surface area (Å²) in [6.45, 7) is 8.40. The van der Waals surface area contributed by atoms with E-state index in [9.17, 15) is 57.8 Å². The molecule has 0 unspecified atom stereocenters. The highest BCUT2D eigenvalue weighted by Gasteiger charge is 2.41. The van der Waals surface area contributed by atoms with Gasteiger partial charge in [-0.15, -0.1) is 11.8 Å². The number of rotatable bonds is 24. The zero-order valence-electron chi connectivity index (χ0n) is 32.2. The van der Waals surface area contributed by atoms with E-state index in [1.807, 2.05) is 5.32 Å². The van der Waals surface area contributed by atoms with Gasteiger partial charge in [0.15, 0.2) is 0 Å². The maximum absolute atomic E-state index is 13.9. The molecular formula is C34H53N7O14S. The number of amides is 7. The number of hydrogen-bond acceptors (Lipinski definition) is 12. The van der Waals surface area contributed by atoms with E-state index in [2.05, 4.69) is 26.6 Å². The van der Waals surface area contributed by atoms with Gasteiger partial charge in [0, 0.05) is 25.5 Å². The highest BCUT2D eigenvalue weighted by molar-refractivity contribution is 7.99. The van der Waals surface area contributed by atoms with Crippen LogP contribution in [0.4, 0.5) is 0 Å². The van der Waals surface area contributed by atoms with Gasteiger partial charge in [0.1, 0.15) is 36.8 Å². The summed E-state index contributed by atoms with van der Waals surface area (Å²) in [4.78, 5) is 139. The molecule has 6 atom stereocenters. The molecule has 0 spiro atoms. The molecule has 0 aromatic carbocycles. The number of thioether (sulfide) groups is 1. The first kappa shape index (κ1) is 48.7. The Morgan fingerprint density at radius 2 is 1.18 bits per heavy atom. The second-order valence-corrected chi connectivity index (χ2v) is 14.8. The summed E-state index contributed by atoms with van der Waals surface area (Å²) in [5.74, 6) is -12.1. The second-order valence-electron chi connectivity index (χ2n) is 13.8. The van der Waals surface area contributed by atoms with E-state index in [1.54, 1.807) is 34.6 Å². The summed E-state index contributed by atoms with van der Waals surface area (Å²) >= 11 is 1.22. The molecule has 9 N–H and O–H groups in total. The molecule has 1 fully saturated rings. The molecule has 1 saturated heterocycles. The van der Waals surface area contributed by atoms with Crippen LogP contribution in [0, 0.1) is 11.8 Å². The number of hydrogen-bond donors (Lipinski definition) is 9. The Labute approximate surface area is 327 Å². The first-order valence-corrected chi connectivity index (χ1v) is 19.1. The number of carboxylic acids is 3. The summed E-state index contributed by atoms with van der Waals surface area (Å²) in [6, 6.07) is -7.90. The van der Waals surface area contributed by atoms with Crippen molar-refractivity contribution in [1.82, 2.24) is 36.8 Å². The fourth-order valence-corrected chi connectivity index (χ4v) is 6.58. The molecule has 1 heterocycles. The molecule has 7 amide bonds. The van der Waals surface area contributed by atoms with E-state index in [1.165, 1.54) is 16.7 Å². The van der Waals surface area contributed by atoms with Crippen LogP contribution in [0.5, 0.6) is 0 Å². The third-order valence-electron chi connectivity index (χ3n) is 8.40. The van der Waals surface area contributed by atoms with Gasteiger partial charge in [-0.2, -0.15) is 0 Å². The number of nitrogens with zero attached hydrogens (tertiary/aromatic N) is 1. The molecule has 1 aliphatic heterocycles. The first-order chi connectivity index (χ1) is 26.1. The zero-order valence-corrected chi connectivity index (χ0v) is 33.0. The molecule has 1 rings (SSSR count). The highest BCUT2D eigenvalue weighted by Crippen LogP contribution is 2.24. The van der Waals surface area contributed by atoms with Crippen molar-refractivity contribution in [3.05, 3.63) is 0 Å². The monoisotopic (exact) mass is 815 g/mol. The predicted octanol–water partition coefficient (Wildman–Crippen LogP) is -2.06. The molecule has 0 bridgehead atoms. The molecule has 314 valence electrons. The molecule has 1 aliphatic rings. The number of carbonyl (C=O) groups is 11. The highest BCUT2D eigenvalue weighted by atomic mass is 32.2. The number of Topliss-reactive ketones (excluding diaryl/α,β-unsaturated/α-hetero) is 1. The number of aliphatic carboxylic acids is 3. The Morgan fingerprint density at radius 3 is 1.66 bits per heavy atom. The van der Waals surface area contributed by atoms with Crippen molar-refractivity contribution in [2.45, 2.75) is 116 Å². The molecule has 0 aromatic rings. The van der Waals surface area contributed by atoms with Crippen molar-refractivity contribution in [3.63, 3.8) is 0 Å². The second kappa shape index (κ2) is 23.6. The molecule has 0 aromatic heterocycles. The minimum atomic E-state index is -1.54. The van der Waals surface area contributed by atoms with Crippen molar-refractivity contribution >= 4 is 76.8 Å². The van der Waals surface area contributed by atoms with Crippen LogP contribution in [0.1, 0.15) is 80.1 Å². The van der Waals surface area contributed by atoms with Gasteiger partial charge in [-0.25, -0.2) is 0 Å². The normalized spacial score (nSPS) is 16.4. The summed E-state index contributed by atoms with van der Waals surface area (Å²) in [5.41, 5.74) is 0. The molecular weight excluding hydrogens is 762 g/mol. The fourth-order valence-electron chi connectivity index (χ4n) is 5.42. The average Bonchev–Trinajstić information content (AvgIpc) is 3.60. The van der Waals surface area contributed by atoms with Gasteiger partial charge in [-0.05, 0) is 31.1 Å². The topological polar surface area (TPSA) is 324 Å². The number of carboxylic acid groups (broad SMARTS) is 3. The lowest BCUT2D eigenvalue weighted by Crippen LogP contribution is -2.61. The standard InChI is InChI=1S/C34H53N7O14S/c1-7-8-19(28(49)33(54)35-13-25(47)48)37-31(52)22-14-56-15-41(22)34(55)27(17(4)5)40-32(53)26(16(2)3)39-30(51)21(10-12-24(45)46)38-29(50)20(36-18(6)42)9-11-23(43)44/h16-17,19-22,26-27H,7-15H2,1-6H3,(H,35,54)(H,36,42)(H,37,52)(H,38,50)(H,39,51)(H,40,53)(H,43,44)(H,45,46)(H,47,48)/t19-,20-,21-,22-,26-,27-/m0/s1. The molecule has 0 radical (unpaired) electrons. The van der Waals surface area contributed by atoms with Gasteiger partial charge in [0.05, 0.1) is 11.9 Å². The van der Waals surface area contributed by atoms with Crippen LogP contribution < -0.4 is 31.9 Å². The third kappa shape index (κ3) is 16.2. The third-order valence-corrected chi connectivity index (χ3v) is 9.41. The van der Waals surface area contributed by atoms with Crippen LogP contribution >= 0.6 is 11.8 Å². The summed E-state index contributed by atoms with van der Waals surface area (Å²) < 4.78 is 0. The lowest BCUT2D eigenvalue weighted by Gasteiger charge is -2.32. The van der Waals surface area contributed by atoms with E-state index in [4.69, 9.17) is 10.2 Å². The molecule has 21 nitrogen and oxygen atoms in total. The summed E-state index contributed by atoms with van der Waals surface area (Å²) in [6.07, 6.45) is -1.45. The number of ketones is 1. The minimum Gasteiger partial charge on any atom is -0.481 e. The van der Waals surface area contributed by atoms with Crippen LogP contribution in [-0.4, -0.2) is 140 Å². The van der Waals surface area contributed by atoms with Crippen molar-refractivity contribution in [1.29, 1.82) is 0 Å². The van der Waals surface area contributed by atoms with Gasteiger partial charge >= 0.3 is 17.9 Å². The number of carbonyl (C=O) groups excluding carboxylic acids is 8. The first-order valence-electron chi connectivity index (χ1n) is 17.9. The van der Waals surface area contributed by atoms with E-state index >= 15 is 0 Å². The van der Waals surface area contributed by atoms with Crippen molar-refractivity contribution < 1.29 is 68.1 Å². The van der Waals surface area contributed by atoms with E-state index < -0.39 is 139 Å². The van der Waals surface area contributed by atoms with Gasteiger partial charge in [-0.3, -0.25) is 52.7 Å². The van der Waals surface area contributed by atoms with E-state index in [-0.39, 0.29) is 24.5 Å². The van der Waals surface area contributed by atoms with Gasteiger partial charge in [-0.1, -0.05) is 41.0 Å². The lowest BCUT2D eigenvalue weighted by atomic mass is 9.98. The molecule has 0 saturated carbocycles. The van der Waals surface area contributed by atoms with Gasteiger partial charge in [0.25, 0.3) is 5.91 Å². The summed E-state index contributed by atoms with van der Waals surface area (Å²) in [5, 5.41) is 41.3. The van der Waals surface area contributed by atoms with Crippen LogP contribution in [0.3, 0.4) is 0 Å². The maximum atomic E-state index is 13.9. The number of nitrogens with one attached hydrogen (secondary N) is 6. The van der Waals surface area contributed by atoms with E-state index in [0.29, 0.717) is 6.42 Å². The quantitative estimate of drug-likeness (QED) is 0.0474. The average molecular weight is 816 g/mol. The van der Waals surface area contributed by atoms with Crippen molar-refractivity contribution in [2.24, 2.45) is 11.8 Å². The Bertz CT molecular complexity index is 1510.